The summed E-state index contributed by atoms with van der Waals surface area (Å²) in [5, 5.41) is 2.87. The van der Waals surface area contributed by atoms with E-state index in [1.165, 1.54) is 26.4 Å². The molecule has 0 bridgehead atoms. The van der Waals surface area contributed by atoms with Gasteiger partial charge in [0.15, 0.2) is 17.5 Å². The molecule has 0 unspecified atom stereocenters. The van der Waals surface area contributed by atoms with E-state index in [4.69, 9.17) is 15.2 Å². The first kappa shape index (κ1) is 20.0. The largest absolute Gasteiger partial charge is 0.493 e. The second-order valence-corrected chi connectivity index (χ2v) is 5.28. The third-order valence-electron chi connectivity index (χ3n) is 3.41. The van der Waals surface area contributed by atoms with E-state index >= 15 is 0 Å². The Morgan fingerprint density at radius 1 is 1.11 bits per heavy atom. The first-order valence-corrected chi connectivity index (χ1v) is 7.78. The number of methoxy groups -OCH3 is 2. The summed E-state index contributed by atoms with van der Waals surface area (Å²) < 4.78 is 48.3. The van der Waals surface area contributed by atoms with Crippen LogP contribution in [-0.2, 0) is 6.18 Å². The zero-order chi connectivity index (χ0) is 19.9. The molecule has 27 heavy (non-hydrogen) atoms. The summed E-state index contributed by atoms with van der Waals surface area (Å²) in [4.78, 5) is 4.02. The standard InChI is InChI=1S/C19H18F3N3O2/c1-26-16-9-8-15(12-17(16)27-2)25-18(23)24-10-4-6-13-5-3-7-14(11-13)19(20,21)22/h3,5,7-9,11-12H,10H2,1-2H3,(H3,23,24,25). The number of ether oxygens (including phenoxy) is 2. The Morgan fingerprint density at radius 2 is 1.85 bits per heavy atom. The van der Waals surface area contributed by atoms with Gasteiger partial charge in [-0.3, -0.25) is 0 Å². The molecule has 0 radical (unpaired) electrons. The van der Waals surface area contributed by atoms with E-state index in [1.807, 2.05) is 0 Å². The van der Waals surface area contributed by atoms with Crippen molar-refractivity contribution in [3.8, 4) is 23.3 Å². The highest BCUT2D eigenvalue weighted by Gasteiger charge is 2.30. The zero-order valence-corrected chi connectivity index (χ0v) is 14.7. The maximum Gasteiger partial charge on any atom is 0.416 e. The molecule has 8 heteroatoms. The van der Waals surface area contributed by atoms with E-state index in [1.54, 1.807) is 18.2 Å². The van der Waals surface area contributed by atoms with Crippen molar-refractivity contribution in [1.29, 1.82) is 0 Å². The molecular formula is C19H18F3N3O2. The first-order valence-electron chi connectivity index (χ1n) is 7.78. The van der Waals surface area contributed by atoms with E-state index in [0.29, 0.717) is 17.2 Å². The van der Waals surface area contributed by atoms with Crippen LogP contribution >= 0.6 is 0 Å². The Kier molecular flexibility index (Phi) is 6.55. The lowest BCUT2D eigenvalue weighted by atomic mass is 10.1. The lowest BCUT2D eigenvalue weighted by Gasteiger charge is -2.10. The SMILES string of the molecule is COc1ccc(NC(N)=NCC#Cc2cccc(C(F)(F)F)c2)cc1OC. The van der Waals surface area contributed by atoms with Gasteiger partial charge in [0, 0.05) is 17.3 Å². The molecule has 5 nitrogen and oxygen atoms in total. The smallest absolute Gasteiger partial charge is 0.416 e. The number of nitrogens with zero attached hydrogens (tertiary/aromatic N) is 1. The molecule has 2 aromatic rings. The third kappa shape index (κ3) is 5.85. The van der Waals surface area contributed by atoms with E-state index in [-0.39, 0.29) is 18.1 Å². The molecule has 0 saturated heterocycles. The first-order chi connectivity index (χ1) is 12.8. The predicted molar refractivity (Wildman–Crippen MR) is 98.0 cm³/mol. The van der Waals surface area contributed by atoms with Crippen molar-refractivity contribution in [2.24, 2.45) is 10.7 Å². The van der Waals surface area contributed by atoms with Crippen molar-refractivity contribution in [3.05, 3.63) is 53.6 Å². The molecule has 0 spiro atoms. The fraction of sp³-hybridized carbons (Fsp3) is 0.211. The monoisotopic (exact) mass is 377 g/mol. The average Bonchev–Trinajstić information content (AvgIpc) is 2.64. The van der Waals surface area contributed by atoms with E-state index in [9.17, 15) is 13.2 Å². The molecule has 0 aromatic heterocycles. The maximum atomic E-state index is 12.7. The van der Waals surface area contributed by atoms with Crippen LogP contribution in [0.2, 0.25) is 0 Å². The molecule has 142 valence electrons. The normalized spacial score (nSPS) is 11.4. The van der Waals surface area contributed by atoms with Crippen LogP contribution in [0.15, 0.2) is 47.5 Å². The van der Waals surface area contributed by atoms with Gasteiger partial charge in [0.05, 0.1) is 19.8 Å². The molecule has 2 rings (SSSR count). The summed E-state index contributed by atoms with van der Waals surface area (Å²) in [6, 6.07) is 9.92. The number of halogens is 3. The zero-order valence-electron chi connectivity index (χ0n) is 14.7. The van der Waals surface area contributed by atoms with Crippen molar-refractivity contribution in [3.63, 3.8) is 0 Å². The van der Waals surface area contributed by atoms with E-state index < -0.39 is 11.7 Å². The van der Waals surface area contributed by atoms with Gasteiger partial charge in [-0.1, -0.05) is 17.9 Å². The lowest BCUT2D eigenvalue weighted by molar-refractivity contribution is -0.137. The number of nitrogens with one attached hydrogen (secondary N) is 1. The molecule has 0 amide bonds. The average molecular weight is 377 g/mol. The van der Waals surface area contributed by atoms with Gasteiger partial charge in [0.25, 0.3) is 0 Å². The fourth-order valence-corrected chi connectivity index (χ4v) is 2.14. The van der Waals surface area contributed by atoms with Crippen molar-refractivity contribution >= 4 is 11.6 Å². The van der Waals surface area contributed by atoms with Crippen LogP contribution < -0.4 is 20.5 Å². The van der Waals surface area contributed by atoms with Crippen LogP contribution in [0.25, 0.3) is 0 Å². The number of hydrogen-bond acceptors (Lipinski definition) is 3. The van der Waals surface area contributed by atoms with Crippen molar-refractivity contribution < 1.29 is 22.6 Å². The number of alkyl halides is 3. The summed E-state index contributed by atoms with van der Waals surface area (Å²) in [6.45, 7) is 0.0301. The van der Waals surface area contributed by atoms with Crippen LogP contribution in [0, 0.1) is 11.8 Å². The van der Waals surface area contributed by atoms with Gasteiger partial charge >= 0.3 is 6.18 Å². The fourth-order valence-electron chi connectivity index (χ4n) is 2.14. The van der Waals surface area contributed by atoms with Gasteiger partial charge in [-0.05, 0) is 30.3 Å². The molecule has 0 aliphatic carbocycles. The van der Waals surface area contributed by atoms with Crippen molar-refractivity contribution in [2.45, 2.75) is 6.18 Å². The highest BCUT2D eigenvalue weighted by Crippen LogP contribution is 2.30. The molecule has 2 aromatic carbocycles. The van der Waals surface area contributed by atoms with Crippen LogP contribution in [0.1, 0.15) is 11.1 Å². The Morgan fingerprint density at radius 3 is 2.52 bits per heavy atom. The van der Waals surface area contributed by atoms with Gasteiger partial charge in [-0.25, -0.2) is 4.99 Å². The van der Waals surface area contributed by atoms with Gasteiger partial charge in [-0.2, -0.15) is 13.2 Å². The number of hydrogen-bond donors (Lipinski definition) is 2. The molecule has 0 saturated carbocycles. The van der Waals surface area contributed by atoms with E-state index in [2.05, 4.69) is 22.2 Å². The number of aliphatic imine (C=N–C) groups is 1. The quantitative estimate of drug-likeness (QED) is 0.486. The van der Waals surface area contributed by atoms with Crippen LogP contribution in [0.4, 0.5) is 18.9 Å². The molecule has 3 N–H and O–H groups in total. The Hall–Kier alpha value is -3.34. The number of nitrogens with two attached hydrogens (primary N) is 1. The minimum atomic E-state index is -4.40. The molecule has 0 aliphatic heterocycles. The maximum absolute atomic E-state index is 12.7. The third-order valence-corrected chi connectivity index (χ3v) is 3.41. The summed E-state index contributed by atoms with van der Waals surface area (Å²) in [5.41, 5.74) is 5.93. The highest BCUT2D eigenvalue weighted by atomic mass is 19.4. The van der Waals surface area contributed by atoms with Crippen molar-refractivity contribution in [2.75, 3.05) is 26.1 Å². The number of rotatable bonds is 4. The summed E-state index contributed by atoms with van der Waals surface area (Å²) >= 11 is 0. The van der Waals surface area contributed by atoms with Gasteiger partial charge in [0.2, 0.25) is 0 Å². The summed E-state index contributed by atoms with van der Waals surface area (Å²) in [6.07, 6.45) is -4.40. The topological polar surface area (TPSA) is 68.9 Å². The Balaban J connectivity index is 2.00. The van der Waals surface area contributed by atoms with Gasteiger partial charge in [0.1, 0.15) is 6.54 Å². The van der Waals surface area contributed by atoms with Gasteiger partial charge in [-0.15, -0.1) is 0 Å². The minimum Gasteiger partial charge on any atom is -0.493 e. The molecule has 0 atom stereocenters. The summed E-state index contributed by atoms with van der Waals surface area (Å²) in [7, 11) is 3.05. The second kappa shape index (κ2) is 8.85. The molecule has 0 aliphatic rings. The van der Waals surface area contributed by atoms with Crippen molar-refractivity contribution in [1.82, 2.24) is 0 Å². The van der Waals surface area contributed by atoms with Gasteiger partial charge < -0.3 is 20.5 Å². The Labute approximate surface area is 155 Å². The van der Waals surface area contributed by atoms with Crippen LogP contribution in [-0.4, -0.2) is 26.7 Å². The molecule has 0 heterocycles. The number of benzene rings is 2. The van der Waals surface area contributed by atoms with Crippen LogP contribution in [0.5, 0.6) is 11.5 Å². The molecular weight excluding hydrogens is 359 g/mol. The second-order valence-electron chi connectivity index (χ2n) is 5.28. The number of guanidine groups is 1. The molecule has 0 fully saturated rings. The predicted octanol–water partition coefficient (Wildman–Crippen LogP) is 3.50. The lowest BCUT2D eigenvalue weighted by Crippen LogP contribution is -2.22. The van der Waals surface area contributed by atoms with E-state index in [0.717, 1.165) is 12.1 Å². The highest BCUT2D eigenvalue weighted by molar-refractivity contribution is 5.92. The van der Waals surface area contributed by atoms with Crippen LogP contribution in [0.3, 0.4) is 0 Å². The summed E-state index contributed by atoms with van der Waals surface area (Å²) in [5.74, 6) is 6.51. The Bertz CT molecular complexity index is 884. The minimum absolute atomic E-state index is 0.0301. The number of anilines is 1.